The minimum Gasteiger partial charge on any atom is -0.468 e. The fourth-order valence-electron chi connectivity index (χ4n) is 2.66. The number of rotatable bonds is 5. The lowest BCUT2D eigenvalue weighted by atomic mass is 9.66. The van der Waals surface area contributed by atoms with Crippen LogP contribution in [0.2, 0.25) is 0 Å². The van der Waals surface area contributed by atoms with Crippen molar-refractivity contribution in [2.45, 2.75) is 39.2 Å². The number of allylic oxidation sites excluding steroid dienone is 1. The molecule has 114 valence electrons. The average Bonchev–Trinajstić information content (AvgIpc) is 2.44. The number of carbonyl (C=O) groups is 2. The number of aliphatic hydroxyl groups excluding tert-OH is 1. The summed E-state index contributed by atoms with van der Waals surface area (Å²) in [6.07, 6.45) is 4.93. The third-order valence-corrected chi connectivity index (χ3v) is 4.55. The van der Waals surface area contributed by atoms with E-state index in [9.17, 15) is 14.7 Å². The Labute approximate surface area is 119 Å². The molecule has 1 N–H and O–H groups in total. The number of hydrogen-bond donors (Lipinski definition) is 1. The molecule has 0 saturated carbocycles. The molecule has 1 aliphatic rings. The number of methoxy groups -OCH3 is 2. The van der Waals surface area contributed by atoms with Crippen LogP contribution in [0, 0.1) is 17.3 Å². The van der Waals surface area contributed by atoms with Gasteiger partial charge in [-0.05, 0) is 30.6 Å². The minimum atomic E-state index is -0.924. The quantitative estimate of drug-likeness (QED) is 0.472. The van der Waals surface area contributed by atoms with Gasteiger partial charge in [-0.25, -0.2) is 0 Å². The summed E-state index contributed by atoms with van der Waals surface area (Å²) < 4.78 is 9.29. The monoisotopic (exact) mass is 284 g/mol. The van der Waals surface area contributed by atoms with Gasteiger partial charge in [0.05, 0.1) is 20.3 Å². The summed E-state index contributed by atoms with van der Waals surface area (Å²) in [5, 5.41) is 10.2. The van der Waals surface area contributed by atoms with Crippen LogP contribution < -0.4 is 0 Å². The Bertz CT molecular complexity index is 374. The van der Waals surface area contributed by atoms with E-state index in [1.54, 1.807) is 6.08 Å². The number of aliphatic hydroxyl groups is 1. The van der Waals surface area contributed by atoms with Crippen molar-refractivity contribution < 1.29 is 24.2 Å². The van der Waals surface area contributed by atoms with Gasteiger partial charge in [-0.15, -0.1) is 0 Å². The predicted molar refractivity (Wildman–Crippen MR) is 73.8 cm³/mol. The first-order valence-corrected chi connectivity index (χ1v) is 6.87. The smallest absolute Gasteiger partial charge is 0.320 e. The normalized spacial score (nSPS) is 29.3. The van der Waals surface area contributed by atoms with Crippen molar-refractivity contribution in [2.24, 2.45) is 17.3 Å². The van der Waals surface area contributed by atoms with Crippen LogP contribution in [0.15, 0.2) is 12.2 Å². The molecule has 0 aromatic rings. The lowest BCUT2D eigenvalue weighted by Crippen LogP contribution is -2.40. The Balaban J connectivity index is 2.78. The van der Waals surface area contributed by atoms with Crippen LogP contribution in [0.1, 0.15) is 33.1 Å². The molecule has 0 fully saturated rings. The van der Waals surface area contributed by atoms with E-state index in [-0.39, 0.29) is 11.3 Å². The molecule has 0 bridgehead atoms. The zero-order chi connectivity index (χ0) is 15.3. The maximum Gasteiger partial charge on any atom is 0.320 e. The molecule has 5 heteroatoms. The van der Waals surface area contributed by atoms with Gasteiger partial charge in [0.15, 0.2) is 5.92 Å². The van der Waals surface area contributed by atoms with Gasteiger partial charge in [0.2, 0.25) is 0 Å². The maximum absolute atomic E-state index is 11.7. The molecular weight excluding hydrogens is 260 g/mol. The molecule has 1 aliphatic carbocycles. The van der Waals surface area contributed by atoms with E-state index in [1.807, 2.05) is 13.0 Å². The van der Waals surface area contributed by atoms with Crippen LogP contribution in [0.25, 0.3) is 0 Å². The lowest BCUT2D eigenvalue weighted by molar-refractivity contribution is -0.159. The molecule has 3 atom stereocenters. The van der Waals surface area contributed by atoms with Gasteiger partial charge in [0.1, 0.15) is 0 Å². The highest BCUT2D eigenvalue weighted by molar-refractivity contribution is 5.94. The molecule has 1 rings (SSSR count). The third-order valence-electron chi connectivity index (χ3n) is 4.55. The molecule has 0 aliphatic heterocycles. The topological polar surface area (TPSA) is 72.8 Å². The van der Waals surface area contributed by atoms with Crippen molar-refractivity contribution in [3.63, 3.8) is 0 Å². The average molecular weight is 284 g/mol. The second-order valence-corrected chi connectivity index (χ2v) is 5.65. The molecule has 0 heterocycles. The number of carbonyl (C=O) groups excluding carboxylic acids is 2. The predicted octanol–water partition coefficient (Wildman–Crippen LogP) is 1.69. The first kappa shape index (κ1) is 16.7. The Morgan fingerprint density at radius 1 is 1.35 bits per heavy atom. The van der Waals surface area contributed by atoms with Crippen LogP contribution in [0.3, 0.4) is 0 Å². The van der Waals surface area contributed by atoms with Crippen molar-refractivity contribution >= 4 is 11.9 Å². The molecule has 0 spiro atoms. The summed E-state index contributed by atoms with van der Waals surface area (Å²) in [4.78, 5) is 23.3. The minimum absolute atomic E-state index is 0.276. The Morgan fingerprint density at radius 3 is 2.35 bits per heavy atom. The second-order valence-electron chi connectivity index (χ2n) is 5.65. The number of hydrogen-bond acceptors (Lipinski definition) is 5. The van der Waals surface area contributed by atoms with Crippen LogP contribution in [-0.2, 0) is 19.1 Å². The summed E-state index contributed by atoms with van der Waals surface area (Å²) in [5.41, 5.74) is -0.352. The zero-order valence-corrected chi connectivity index (χ0v) is 12.6. The van der Waals surface area contributed by atoms with E-state index in [4.69, 9.17) is 0 Å². The fraction of sp³-hybridized carbons (Fsp3) is 0.733. The highest BCUT2D eigenvalue weighted by Gasteiger charge is 2.40. The van der Waals surface area contributed by atoms with Gasteiger partial charge in [0, 0.05) is 0 Å². The molecule has 0 amide bonds. The SMILES string of the molecule is COC(=O)C(CC[C@]1(C)C(O)C=CC[C@H]1C)C(=O)OC. The molecule has 0 aromatic heterocycles. The molecule has 20 heavy (non-hydrogen) atoms. The Hall–Kier alpha value is -1.36. The van der Waals surface area contributed by atoms with E-state index in [1.165, 1.54) is 14.2 Å². The highest BCUT2D eigenvalue weighted by Crippen LogP contribution is 2.42. The Kier molecular flexibility index (Phi) is 5.74. The van der Waals surface area contributed by atoms with Crippen molar-refractivity contribution in [2.75, 3.05) is 14.2 Å². The molecular formula is C15H24O5. The zero-order valence-electron chi connectivity index (χ0n) is 12.6. The van der Waals surface area contributed by atoms with Gasteiger partial charge < -0.3 is 14.6 Å². The van der Waals surface area contributed by atoms with E-state index in [0.29, 0.717) is 12.8 Å². The largest absolute Gasteiger partial charge is 0.468 e. The second kappa shape index (κ2) is 6.88. The van der Waals surface area contributed by atoms with Crippen molar-refractivity contribution in [3.8, 4) is 0 Å². The summed E-state index contributed by atoms with van der Waals surface area (Å²) >= 11 is 0. The molecule has 0 radical (unpaired) electrons. The van der Waals surface area contributed by atoms with Gasteiger partial charge in [-0.1, -0.05) is 26.0 Å². The number of ether oxygens (including phenoxy) is 2. The summed E-state index contributed by atoms with van der Waals surface area (Å²) in [7, 11) is 2.50. The highest BCUT2D eigenvalue weighted by atomic mass is 16.5. The Morgan fingerprint density at radius 2 is 1.90 bits per heavy atom. The van der Waals surface area contributed by atoms with Crippen LogP contribution >= 0.6 is 0 Å². The maximum atomic E-state index is 11.7. The van der Waals surface area contributed by atoms with E-state index in [2.05, 4.69) is 16.4 Å². The van der Waals surface area contributed by atoms with E-state index in [0.717, 1.165) is 6.42 Å². The van der Waals surface area contributed by atoms with Crippen molar-refractivity contribution in [1.82, 2.24) is 0 Å². The number of esters is 2. The summed E-state index contributed by atoms with van der Waals surface area (Å²) in [5.74, 6) is -1.83. The van der Waals surface area contributed by atoms with Gasteiger partial charge in [0.25, 0.3) is 0 Å². The summed E-state index contributed by atoms with van der Waals surface area (Å²) in [6, 6.07) is 0. The molecule has 0 aromatic carbocycles. The van der Waals surface area contributed by atoms with Gasteiger partial charge >= 0.3 is 11.9 Å². The van der Waals surface area contributed by atoms with E-state index < -0.39 is 24.0 Å². The van der Waals surface area contributed by atoms with Crippen molar-refractivity contribution in [3.05, 3.63) is 12.2 Å². The third kappa shape index (κ3) is 3.39. The standard InChI is InChI=1S/C15H24O5/c1-10-6-5-7-12(16)15(10,2)9-8-11(13(17)19-3)14(18)20-4/h5,7,10-12,16H,6,8-9H2,1-4H3/t10-,12?,15+/m1/s1. The molecule has 1 unspecified atom stereocenters. The van der Waals surface area contributed by atoms with Crippen molar-refractivity contribution in [1.29, 1.82) is 0 Å². The first-order chi connectivity index (χ1) is 9.36. The molecule has 0 saturated heterocycles. The fourth-order valence-corrected chi connectivity index (χ4v) is 2.66. The van der Waals surface area contributed by atoms with Crippen LogP contribution in [-0.4, -0.2) is 37.4 Å². The van der Waals surface area contributed by atoms with Crippen LogP contribution in [0.5, 0.6) is 0 Å². The molecule has 5 nitrogen and oxygen atoms in total. The van der Waals surface area contributed by atoms with Gasteiger partial charge in [-0.2, -0.15) is 0 Å². The van der Waals surface area contributed by atoms with E-state index >= 15 is 0 Å². The first-order valence-electron chi connectivity index (χ1n) is 6.87. The van der Waals surface area contributed by atoms with Gasteiger partial charge in [-0.3, -0.25) is 9.59 Å². The summed E-state index contributed by atoms with van der Waals surface area (Å²) in [6.45, 7) is 4.05. The van der Waals surface area contributed by atoms with Crippen LogP contribution in [0.4, 0.5) is 0 Å². The lowest BCUT2D eigenvalue weighted by Gasteiger charge is -2.41.